The fourth-order valence-electron chi connectivity index (χ4n) is 4.21. The van der Waals surface area contributed by atoms with Crippen molar-refractivity contribution in [3.63, 3.8) is 0 Å². The number of imidazole rings is 1. The molecule has 0 aromatic carbocycles. The van der Waals surface area contributed by atoms with Crippen LogP contribution < -0.4 is 5.32 Å². The van der Waals surface area contributed by atoms with Gasteiger partial charge in [0.15, 0.2) is 5.82 Å². The number of hydrogen-bond acceptors (Lipinski definition) is 4. The zero-order valence-electron chi connectivity index (χ0n) is 16.6. The summed E-state index contributed by atoms with van der Waals surface area (Å²) < 4.78 is 6.99. The third-order valence-corrected chi connectivity index (χ3v) is 5.69. The second-order valence-corrected chi connectivity index (χ2v) is 7.50. The average molecular weight is 377 g/mol. The lowest BCUT2D eigenvalue weighted by Crippen LogP contribution is -2.44. The van der Waals surface area contributed by atoms with Gasteiger partial charge in [-0.2, -0.15) is 0 Å². The number of aromatic nitrogens is 2. The molecular formula is C20H32N4O3. The molecule has 1 saturated heterocycles. The summed E-state index contributed by atoms with van der Waals surface area (Å²) in [5, 5.41) is 2.91. The summed E-state index contributed by atoms with van der Waals surface area (Å²) in [6.07, 6.45) is 7.88. The van der Waals surface area contributed by atoms with Gasteiger partial charge in [0.1, 0.15) is 5.69 Å². The van der Waals surface area contributed by atoms with Gasteiger partial charge >= 0.3 is 0 Å². The number of carbonyl (C=O) groups excluding carboxylic acids is 2. The quantitative estimate of drug-likeness (QED) is 0.742. The van der Waals surface area contributed by atoms with E-state index in [1.807, 2.05) is 9.47 Å². The Hall–Kier alpha value is -1.89. The van der Waals surface area contributed by atoms with Gasteiger partial charge in [-0.25, -0.2) is 4.98 Å². The SMILES string of the molecule is CCC1CCCCN1C(=O)c1nc(C(=O)NCCCOC)n2c1CCCC2. The van der Waals surface area contributed by atoms with Gasteiger partial charge in [0.25, 0.3) is 11.8 Å². The first-order valence-corrected chi connectivity index (χ1v) is 10.3. The van der Waals surface area contributed by atoms with Crippen molar-refractivity contribution in [3.05, 3.63) is 17.2 Å². The molecule has 1 atom stereocenters. The molecule has 1 aromatic heterocycles. The van der Waals surface area contributed by atoms with E-state index in [1.54, 1.807) is 7.11 Å². The maximum absolute atomic E-state index is 13.3. The van der Waals surface area contributed by atoms with Crippen molar-refractivity contribution in [2.75, 3.05) is 26.8 Å². The Bertz CT molecular complexity index is 670. The van der Waals surface area contributed by atoms with Crippen LogP contribution >= 0.6 is 0 Å². The van der Waals surface area contributed by atoms with Crippen LogP contribution in [0.5, 0.6) is 0 Å². The minimum absolute atomic E-state index is 0.00522. The van der Waals surface area contributed by atoms with E-state index >= 15 is 0 Å². The molecule has 2 aliphatic rings. The normalized spacial score (nSPS) is 19.6. The van der Waals surface area contributed by atoms with Gasteiger partial charge in [0.05, 0.1) is 5.69 Å². The third kappa shape index (κ3) is 4.34. The summed E-state index contributed by atoms with van der Waals surface area (Å²) in [5.41, 5.74) is 1.44. The standard InChI is InChI=1S/C20H32N4O3/c1-3-15-9-4-6-12-23(15)20(26)17-16-10-5-7-13-24(16)18(22-17)19(25)21-11-8-14-27-2/h15H,3-14H2,1-2H3,(H,21,25). The topological polar surface area (TPSA) is 76.5 Å². The van der Waals surface area contributed by atoms with Crippen molar-refractivity contribution in [2.24, 2.45) is 0 Å². The van der Waals surface area contributed by atoms with Crippen molar-refractivity contribution >= 4 is 11.8 Å². The Balaban J connectivity index is 1.82. The molecule has 0 spiro atoms. The molecule has 3 heterocycles. The minimum atomic E-state index is -0.195. The summed E-state index contributed by atoms with van der Waals surface area (Å²) in [6.45, 7) is 4.84. The van der Waals surface area contributed by atoms with Crippen LogP contribution in [-0.4, -0.2) is 59.1 Å². The maximum atomic E-state index is 13.3. The molecule has 1 unspecified atom stereocenters. The maximum Gasteiger partial charge on any atom is 0.287 e. The lowest BCUT2D eigenvalue weighted by atomic mass is 9.99. The summed E-state index contributed by atoms with van der Waals surface area (Å²) in [7, 11) is 1.65. The Morgan fingerprint density at radius 1 is 1.22 bits per heavy atom. The highest BCUT2D eigenvalue weighted by atomic mass is 16.5. The average Bonchev–Trinajstić information content (AvgIpc) is 3.10. The smallest absolute Gasteiger partial charge is 0.287 e. The highest BCUT2D eigenvalue weighted by molar-refractivity contribution is 5.97. The van der Waals surface area contributed by atoms with Gasteiger partial charge in [-0.1, -0.05) is 6.92 Å². The number of hydrogen-bond donors (Lipinski definition) is 1. The number of nitrogens with one attached hydrogen (secondary N) is 1. The fraction of sp³-hybridized carbons (Fsp3) is 0.750. The zero-order chi connectivity index (χ0) is 19.2. The monoisotopic (exact) mass is 376 g/mol. The van der Waals surface area contributed by atoms with E-state index in [0.717, 1.165) is 63.7 Å². The molecule has 0 saturated carbocycles. The largest absolute Gasteiger partial charge is 0.385 e. The predicted octanol–water partition coefficient (Wildman–Crippen LogP) is 2.39. The van der Waals surface area contributed by atoms with E-state index in [2.05, 4.69) is 17.2 Å². The molecule has 0 radical (unpaired) electrons. The van der Waals surface area contributed by atoms with Crippen LogP contribution in [0.2, 0.25) is 0 Å². The Labute approximate surface area is 161 Å². The van der Waals surface area contributed by atoms with Gasteiger partial charge in [-0.05, 0) is 51.4 Å². The molecule has 2 aliphatic heterocycles. The number of amides is 2. The van der Waals surface area contributed by atoms with Crippen LogP contribution in [-0.2, 0) is 17.7 Å². The number of likely N-dealkylation sites (tertiary alicyclic amines) is 1. The summed E-state index contributed by atoms with van der Waals surface area (Å²) >= 11 is 0. The van der Waals surface area contributed by atoms with E-state index in [0.29, 0.717) is 30.7 Å². The summed E-state index contributed by atoms with van der Waals surface area (Å²) in [6, 6.07) is 0.290. The van der Waals surface area contributed by atoms with Crippen molar-refractivity contribution < 1.29 is 14.3 Å². The second kappa shape index (κ2) is 9.35. The number of carbonyl (C=O) groups is 2. The minimum Gasteiger partial charge on any atom is -0.385 e. The van der Waals surface area contributed by atoms with Crippen LogP contribution in [0.1, 0.15) is 78.7 Å². The van der Waals surface area contributed by atoms with E-state index in [4.69, 9.17) is 4.74 Å². The Kier molecular flexibility index (Phi) is 6.88. The first kappa shape index (κ1) is 19.9. The van der Waals surface area contributed by atoms with Gasteiger partial charge in [-0.15, -0.1) is 0 Å². The van der Waals surface area contributed by atoms with Gasteiger partial charge in [-0.3, -0.25) is 9.59 Å². The molecule has 1 aromatic rings. The van der Waals surface area contributed by atoms with Crippen LogP contribution in [0.4, 0.5) is 0 Å². The first-order chi connectivity index (χ1) is 13.2. The molecule has 7 heteroatoms. The molecular weight excluding hydrogens is 344 g/mol. The number of rotatable bonds is 7. The second-order valence-electron chi connectivity index (χ2n) is 7.50. The Morgan fingerprint density at radius 3 is 2.81 bits per heavy atom. The number of piperidine rings is 1. The number of nitrogens with zero attached hydrogens (tertiary/aromatic N) is 3. The van der Waals surface area contributed by atoms with Gasteiger partial charge in [0, 0.05) is 39.4 Å². The zero-order valence-corrected chi connectivity index (χ0v) is 16.6. The van der Waals surface area contributed by atoms with Crippen LogP contribution in [0.15, 0.2) is 0 Å². The van der Waals surface area contributed by atoms with Gasteiger partial charge < -0.3 is 19.5 Å². The molecule has 7 nitrogen and oxygen atoms in total. The van der Waals surface area contributed by atoms with Crippen molar-refractivity contribution in [3.8, 4) is 0 Å². The predicted molar refractivity (Wildman–Crippen MR) is 103 cm³/mol. The number of methoxy groups -OCH3 is 1. The van der Waals surface area contributed by atoms with E-state index in [9.17, 15) is 9.59 Å². The van der Waals surface area contributed by atoms with E-state index < -0.39 is 0 Å². The molecule has 1 N–H and O–H groups in total. The van der Waals surface area contributed by atoms with Crippen molar-refractivity contribution in [1.29, 1.82) is 0 Å². The lowest BCUT2D eigenvalue weighted by molar-refractivity contribution is 0.0600. The highest BCUT2D eigenvalue weighted by Crippen LogP contribution is 2.26. The van der Waals surface area contributed by atoms with Crippen LogP contribution in [0.3, 0.4) is 0 Å². The summed E-state index contributed by atoms with van der Waals surface area (Å²) in [4.78, 5) is 32.5. The van der Waals surface area contributed by atoms with Crippen molar-refractivity contribution in [2.45, 2.75) is 70.9 Å². The number of ether oxygens (including phenoxy) is 1. The Morgan fingerprint density at radius 2 is 2.04 bits per heavy atom. The number of fused-ring (bicyclic) bond motifs is 1. The first-order valence-electron chi connectivity index (χ1n) is 10.3. The fourth-order valence-corrected chi connectivity index (χ4v) is 4.21. The molecule has 27 heavy (non-hydrogen) atoms. The highest BCUT2D eigenvalue weighted by Gasteiger charge is 2.33. The molecule has 3 rings (SSSR count). The molecule has 0 aliphatic carbocycles. The molecule has 150 valence electrons. The third-order valence-electron chi connectivity index (χ3n) is 5.69. The molecule has 1 fully saturated rings. The molecule has 0 bridgehead atoms. The van der Waals surface area contributed by atoms with Crippen molar-refractivity contribution in [1.82, 2.24) is 19.8 Å². The lowest BCUT2D eigenvalue weighted by Gasteiger charge is -2.35. The van der Waals surface area contributed by atoms with Crippen LogP contribution in [0.25, 0.3) is 0 Å². The van der Waals surface area contributed by atoms with Crippen LogP contribution in [0, 0.1) is 0 Å². The molecule has 2 amide bonds. The summed E-state index contributed by atoms with van der Waals surface area (Å²) in [5.74, 6) is 0.195. The van der Waals surface area contributed by atoms with E-state index in [-0.39, 0.29) is 11.8 Å². The van der Waals surface area contributed by atoms with E-state index in [1.165, 1.54) is 6.42 Å². The van der Waals surface area contributed by atoms with Gasteiger partial charge in [0.2, 0.25) is 0 Å².